The average molecular weight is 154 g/mol. The number of rotatable bonds is 0. The third-order valence-electron chi connectivity index (χ3n) is 2.26. The van der Waals surface area contributed by atoms with E-state index in [1.54, 1.807) is 0 Å². The van der Waals surface area contributed by atoms with Crippen LogP contribution in [0.1, 0.15) is 19.8 Å². The molecule has 1 fully saturated rings. The molecule has 0 aliphatic carbocycles. The van der Waals surface area contributed by atoms with Gasteiger partial charge in [-0.25, -0.2) is 0 Å². The maximum absolute atomic E-state index is 5.10. The van der Waals surface area contributed by atoms with Crippen LogP contribution in [-0.4, -0.2) is 30.4 Å². The molecule has 0 saturated carbocycles. The first-order valence-electron chi connectivity index (χ1n) is 4.30. The molecule has 62 valence electrons. The summed E-state index contributed by atoms with van der Waals surface area (Å²) in [5.41, 5.74) is 0. The number of hydrogen-bond acceptors (Lipinski definition) is 3. The van der Waals surface area contributed by atoms with Gasteiger partial charge in [0, 0.05) is 25.9 Å². The molecule has 2 heterocycles. The molecule has 1 atom stereocenters. The van der Waals surface area contributed by atoms with E-state index in [2.05, 4.69) is 17.0 Å². The third kappa shape index (κ3) is 1.32. The van der Waals surface area contributed by atoms with Gasteiger partial charge in [0.1, 0.15) is 12.4 Å². The zero-order valence-corrected chi connectivity index (χ0v) is 6.92. The first kappa shape index (κ1) is 6.95. The summed E-state index contributed by atoms with van der Waals surface area (Å²) in [5.74, 6) is 1.92. The number of fused-ring (bicyclic) bond motifs is 1. The van der Waals surface area contributed by atoms with Crippen LogP contribution in [0.5, 0.6) is 0 Å². The highest BCUT2D eigenvalue weighted by Crippen LogP contribution is 2.19. The van der Waals surface area contributed by atoms with Crippen molar-refractivity contribution in [1.82, 2.24) is 4.90 Å². The minimum Gasteiger partial charge on any atom is -0.394 e. The fourth-order valence-electron chi connectivity index (χ4n) is 1.74. The van der Waals surface area contributed by atoms with Crippen molar-refractivity contribution in [3.05, 3.63) is 0 Å². The Hall–Kier alpha value is -0.730. The number of amidine groups is 1. The molecule has 3 heteroatoms. The van der Waals surface area contributed by atoms with Crippen LogP contribution in [-0.2, 0) is 4.84 Å². The number of oxime groups is 1. The second kappa shape index (κ2) is 2.72. The fraction of sp³-hybridized carbons (Fsp3) is 0.875. The van der Waals surface area contributed by atoms with Gasteiger partial charge in [0.25, 0.3) is 0 Å². The monoisotopic (exact) mass is 154 g/mol. The molecule has 0 aromatic heterocycles. The molecule has 1 unspecified atom stereocenters. The van der Waals surface area contributed by atoms with Gasteiger partial charge in [-0.3, -0.25) is 0 Å². The van der Waals surface area contributed by atoms with Crippen molar-refractivity contribution in [2.45, 2.75) is 19.8 Å². The highest BCUT2D eigenvalue weighted by atomic mass is 16.6. The van der Waals surface area contributed by atoms with Crippen LogP contribution in [0.2, 0.25) is 0 Å². The summed E-state index contributed by atoms with van der Waals surface area (Å²) >= 11 is 0. The van der Waals surface area contributed by atoms with Crippen molar-refractivity contribution >= 4 is 5.84 Å². The van der Waals surface area contributed by atoms with Gasteiger partial charge >= 0.3 is 0 Å². The average Bonchev–Trinajstić information content (AvgIpc) is 2.17. The number of hydrogen-bond donors (Lipinski definition) is 0. The molecule has 1 saturated heterocycles. The van der Waals surface area contributed by atoms with Gasteiger partial charge < -0.3 is 9.74 Å². The maximum atomic E-state index is 5.10. The summed E-state index contributed by atoms with van der Waals surface area (Å²) < 4.78 is 0. The Bertz CT molecular complexity index is 179. The minimum absolute atomic E-state index is 0.760. The van der Waals surface area contributed by atoms with Crippen LogP contribution >= 0.6 is 0 Å². The first-order valence-corrected chi connectivity index (χ1v) is 4.30. The summed E-state index contributed by atoms with van der Waals surface area (Å²) in [7, 11) is 0. The zero-order chi connectivity index (χ0) is 7.68. The molecule has 2 aliphatic heterocycles. The summed E-state index contributed by atoms with van der Waals surface area (Å²) in [5, 5.41) is 4.08. The Labute approximate surface area is 67.0 Å². The van der Waals surface area contributed by atoms with E-state index < -0.39 is 0 Å². The SMILES string of the molecule is CC1CC2=NOCCCN2C1. The van der Waals surface area contributed by atoms with E-state index in [0.29, 0.717) is 0 Å². The Kier molecular flexibility index (Phi) is 1.72. The second-order valence-corrected chi connectivity index (χ2v) is 3.45. The molecule has 11 heavy (non-hydrogen) atoms. The van der Waals surface area contributed by atoms with Gasteiger partial charge in [0.15, 0.2) is 0 Å². The molecule has 0 spiro atoms. The topological polar surface area (TPSA) is 24.8 Å². The van der Waals surface area contributed by atoms with Gasteiger partial charge in [-0.05, 0) is 5.92 Å². The molecule has 3 nitrogen and oxygen atoms in total. The molecule has 0 N–H and O–H groups in total. The van der Waals surface area contributed by atoms with Crippen molar-refractivity contribution < 1.29 is 4.84 Å². The Balaban J connectivity index is 2.10. The van der Waals surface area contributed by atoms with Crippen molar-refractivity contribution in [3.8, 4) is 0 Å². The highest BCUT2D eigenvalue weighted by molar-refractivity contribution is 5.84. The molecular weight excluding hydrogens is 140 g/mol. The third-order valence-corrected chi connectivity index (χ3v) is 2.26. The molecule has 0 aromatic carbocycles. The minimum atomic E-state index is 0.760. The van der Waals surface area contributed by atoms with E-state index in [1.165, 1.54) is 6.54 Å². The molecule has 0 bridgehead atoms. The lowest BCUT2D eigenvalue weighted by molar-refractivity contribution is 0.146. The Morgan fingerprint density at radius 3 is 3.45 bits per heavy atom. The molecular formula is C8H14N2O. The van der Waals surface area contributed by atoms with Crippen molar-refractivity contribution in [2.24, 2.45) is 11.1 Å². The highest BCUT2D eigenvalue weighted by Gasteiger charge is 2.25. The zero-order valence-electron chi connectivity index (χ0n) is 6.92. The quantitative estimate of drug-likeness (QED) is 0.521. The van der Waals surface area contributed by atoms with Crippen LogP contribution in [0.25, 0.3) is 0 Å². The summed E-state index contributed by atoms with van der Waals surface area (Å²) in [6.45, 7) is 5.34. The molecule has 2 aliphatic rings. The van der Waals surface area contributed by atoms with E-state index in [4.69, 9.17) is 4.84 Å². The lowest BCUT2D eigenvalue weighted by Gasteiger charge is -2.14. The molecule has 2 rings (SSSR count). The Morgan fingerprint density at radius 1 is 1.64 bits per heavy atom. The second-order valence-electron chi connectivity index (χ2n) is 3.45. The van der Waals surface area contributed by atoms with Crippen molar-refractivity contribution in [1.29, 1.82) is 0 Å². The van der Waals surface area contributed by atoms with Gasteiger partial charge in [-0.2, -0.15) is 0 Å². The smallest absolute Gasteiger partial charge is 0.144 e. The lowest BCUT2D eigenvalue weighted by atomic mass is 10.2. The van der Waals surface area contributed by atoms with Gasteiger partial charge in [0.2, 0.25) is 0 Å². The van der Waals surface area contributed by atoms with Gasteiger partial charge in [-0.1, -0.05) is 12.1 Å². The number of nitrogens with zero attached hydrogens (tertiary/aromatic N) is 2. The first-order chi connectivity index (χ1) is 5.36. The van der Waals surface area contributed by atoms with E-state index in [9.17, 15) is 0 Å². The van der Waals surface area contributed by atoms with E-state index in [-0.39, 0.29) is 0 Å². The van der Waals surface area contributed by atoms with Crippen LogP contribution in [0.3, 0.4) is 0 Å². The lowest BCUT2D eigenvalue weighted by Crippen LogP contribution is -2.25. The predicted octanol–water partition coefficient (Wildman–Crippen LogP) is 1.06. The van der Waals surface area contributed by atoms with E-state index in [1.807, 2.05) is 0 Å². The van der Waals surface area contributed by atoms with Crippen LogP contribution in [0.15, 0.2) is 5.16 Å². The standard InChI is InChI=1S/C8H14N2O/c1-7-5-8-9-11-4-2-3-10(8)6-7/h7H,2-6H2,1H3. The molecule has 0 aromatic rings. The summed E-state index contributed by atoms with van der Waals surface area (Å²) in [6, 6.07) is 0. The Morgan fingerprint density at radius 2 is 2.55 bits per heavy atom. The van der Waals surface area contributed by atoms with Crippen LogP contribution in [0.4, 0.5) is 0 Å². The van der Waals surface area contributed by atoms with Gasteiger partial charge in [0.05, 0.1) is 0 Å². The molecule has 0 amide bonds. The van der Waals surface area contributed by atoms with Crippen LogP contribution in [0, 0.1) is 5.92 Å². The maximum Gasteiger partial charge on any atom is 0.144 e. The normalized spacial score (nSPS) is 30.5. The predicted molar refractivity (Wildman–Crippen MR) is 43.4 cm³/mol. The largest absolute Gasteiger partial charge is 0.394 e. The molecule has 0 radical (unpaired) electrons. The van der Waals surface area contributed by atoms with E-state index in [0.717, 1.165) is 37.7 Å². The van der Waals surface area contributed by atoms with E-state index >= 15 is 0 Å². The van der Waals surface area contributed by atoms with Crippen LogP contribution < -0.4 is 0 Å². The van der Waals surface area contributed by atoms with Gasteiger partial charge in [-0.15, -0.1) is 0 Å². The van der Waals surface area contributed by atoms with Crippen molar-refractivity contribution in [2.75, 3.05) is 19.7 Å². The summed E-state index contributed by atoms with van der Waals surface area (Å²) in [4.78, 5) is 7.45. The fourth-order valence-corrected chi connectivity index (χ4v) is 1.74. The van der Waals surface area contributed by atoms with Crippen molar-refractivity contribution in [3.63, 3.8) is 0 Å². The summed E-state index contributed by atoms with van der Waals surface area (Å²) in [6.07, 6.45) is 2.21.